The molecule has 0 bridgehead atoms. The number of rotatable bonds is 5. The molecule has 2 amide bonds. The molecule has 0 heterocycles. The standard InChI is InChI=1S/C11H16N4O2/c1-6(4-10(13)16)15-9-3-2-7(11(14)17)5-8(9)12/h2-3,5-6,15H,4,12H2,1H3,(H2,13,16)(H2,14,17). The van der Waals surface area contributed by atoms with Crippen LogP contribution in [0, 0.1) is 0 Å². The molecule has 6 nitrogen and oxygen atoms in total. The van der Waals surface area contributed by atoms with Crippen LogP contribution in [0.15, 0.2) is 18.2 Å². The maximum absolute atomic E-state index is 10.9. The number of benzene rings is 1. The molecule has 0 saturated heterocycles. The highest BCUT2D eigenvalue weighted by Gasteiger charge is 2.09. The van der Waals surface area contributed by atoms with Crippen LogP contribution in [0.4, 0.5) is 11.4 Å². The van der Waals surface area contributed by atoms with Gasteiger partial charge in [-0.2, -0.15) is 0 Å². The van der Waals surface area contributed by atoms with Crippen molar-refractivity contribution in [2.45, 2.75) is 19.4 Å². The number of carbonyl (C=O) groups is 2. The van der Waals surface area contributed by atoms with Gasteiger partial charge < -0.3 is 22.5 Å². The highest BCUT2D eigenvalue weighted by molar-refractivity contribution is 5.94. The average molecular weight is 236 g/mol. The van der Waals surface area contributed by atoms with E-state index in [4.69, 9.17) is 17.2 Å². The molecular weight excluding hydrogens is 220 g/mol. The third-order valence-corrected chi connectivity index (χ3v) is 2.25. The molecular formula is C11H16N4O2. The molecule has 1 rings (SSSR count). The number of anilines is 2. The van der Waals surface area contributed by atoms with Crippen molar-refractivity contribution >= 4 is 23.2 Å². The highest BCUT2D eigenvalue weighted by atomic mass is 16.1. The van der Waals surface area contributed by atoms with Gasteiger partial charge in [0.1, 0.15) is 0 Å². The molecule has 0 spiro atoms. The zero-order chi connectivity index (χ0) is 13.0. The predicted octanol–water partition coefficient (Wildman–Crippen LogP) is 0.0435. The SMILES string of the molecule is CC(CC(N)=O)Nc1ccc(C(N)=O)cc1N. The van der Waals surface area contributed by atoms with Crippen LogP contribution in [0.25, 0.3) is 0 Å². The third kappa shape index (κ3) is 3.67. The van der Waals surface area contributed by atoms with E-state index in [2.05, 4.69) is 5.32 Å². The van der Waals surface area contributed by atoms with E-state index >= 15 is 0 Å². The second kappa shape index (κ2) is 5.20. The van der Waals surface area contributed by atoms with Gasteiger partial charge in [-0.15, -0.1) is 0 Å². The minimum atomic E-state index is -0.534. The Bertz CT molecular complexity index is 445. The average Bonchev–Trinajstić information content (AvgIpc) is 2.19. The van der Waals surface area contributed by atoms with Crippen LogP contribution in [0.2, 0.25) is 0 Å². The number of amides is 2. The van der Waals surface area contributed by atoms with Crippen LogP contribution in [-0.4, -0.2) is 17.9 Å². The third-order valence-electron chi connectivity index (χ3n) is 2.25. The minimum absolute atomic E-state index is 0.130. The molecule has 17 heavy (non-hydrogen) atoms. The van der Waals surface area contributed by atoms with E-state index in [0.717, 1.165) is 0 Å². The van der Waals surface area contributed by atoms with Crippen LogP contribution < -0.4 is 22.5 Å². The number of hydrogen-bond donors (Lipinski definition) is 4. The largest absolute Gasteiger partial charge is 0.397 e. The number of nitrogen functional groups attached to an aromatic ring is 1. The van der Waals surface area contributed by atoms with Crippen molar-refractivity contribution < 1.29 is 9.59 Å². The lowest BCUT2D eigenvalue weighted by Gasteiger charge is -2.15. The van der Waals surface area contributed by atoms with Crippen LogP contribution in [0.5, 0.6) is 0 Å². The summed E-state index contributed by atoms with van der Waals surface area (Å²) in [5, 5.41) is 3.03. The molecule has 1 atom stereocenters. The first-order valence-corrected chi connectivity index (χ1v) is 5.14. The van der Waals surface area contributed by atoms with Crippen molar-refractivity contribution in [3.63, 3.8) is 0 Å². The van der Waals surface area contributed by atoms with E-state index in [1.54, 1.807) is 12.1 Å². The van der Waals surface area contributed by atoms with E-state index < -0.39 is 11.8 Å². The van der Waals surface area contributed by atoms with E-state index in [1.807, 2.05) is 6.92 Å². The van der Waals surface area contributed by atoms with Gasteiger partial charge in [0, 0.05) is 18.0 Å². The lowest BCUT2D eigenvalue weighted by Crippen LogP contribution is -2.24. The second-order valence-corrected chi connectivity index (χ2v) is 3.88. The maximum Gasteiger partial charge on any atom is 0.248 e. The Labute approximate surface area is 99.1 Å². The molecule has 0 saturated carbocycles. The van der Waals surface area contributed by atoms with Crippen LogP contribution >= 0.6 is 0 Å². The van der Waals surface area contributed by atoms with Crippen LogP contribution in [0.1, 0.15) is 23.7 Å². The summed E-state index contributed by atoms with van der Waals surface area (Å²) in [6.45, 7) is 1.81. The lowest BCUT2D eigenvalue weighted by atomic mass is 10.1. The van der Waals surface area contributed by atoms with E-state index in [1.165, 1.54) is 6.07 Å². The molecule has 0 aliphatic heterocycles. The molecule has 1 aromatic carbocycles. The quantitative estimate of drug-likeness (QED) is 0.539. The first kappa shape index (κ1) is 12.8. The van der Waals surface area contributed by atoms with Crippen molar-refractivity contribution in [1.29, 1.82) is 0 Å². The molecule has 0 radical (unpaired) electrons. The van der Waals surface area contributed by atoms with Gasteiger partial charge in [0.05, 0.1) is 11.4 Å². The second-order valence-electron chi connectivity index (χ2n) is 3.88. The molecule has 0 aliphatic carbocycles. The fourth-order valence-corrected chi connectivity index (χ4v) is 1.47. The summed E-state index contributed by atoms with van der Waals surface area (Å²) in [4.78, 5) is 21.6. The summed E-state index contributed by atoms with van der Waals surface area (Å²) in [6.07, 6.45) is 0.205. The zero-order valence-corrected chi connectivity index (χ0v) is 9.57. The van der Waals surface area contributed by atoms with Crippen LogP contribution in [-0.2, 0) is 4.79 Å². The monoisotopic (exact) mass is 236 g/mol. The molecule has 92 valence electrons. The Balaban J connectivity index is 2.79. The number of carbonyl (C=O) groups excluding carboxylic acids is 2. The Morgan fingerprint density at radius 3 is 2.47 bits per heavy atom. The van der Waals surface area contributed by atoms with Gasteiger partial charge >= 0.3 is 0 Å². The fourth-order valence-electron chi connectivity index (χ4n) is 1.47. The number of nitrogens with two attached hydrogens (primary N) is 3. The van der Waals surface area contributed by atoms with Crippen molar-refractivity contribution in [3.05, 3.63) is 23.8 Å². The van der Waals surface area contributed by atoms with Gasteiger partial charge in [-0.25, -0.2) is 0 Å². The number of hydrogen-bond acceptors (Lipinski definition) is 4. The summed E-state index contributed by atoms with van der Waals surface area (Å²) in [5.41, 5.74) is 17.3. The molecule has 7 N–H and O–H groups in total. The van der Waals surface area contributed by atoms with Crippen molar-refractivity contribution in [1.82, 2.24) is 0 Å². The van der Waals surface area contributed by atoms with Crippen molar-refractivity contribution in [3.8, 4) is 0 Å². The topological polar surface area (TPSA) is 124 Å². The summed E-state index contributed by atoms with van der Waals surface area (Å²) >= 11 is 0. The van der Waals surface area contributed by atoms with Crippen molar-refractivity contribution in [2.24, 2.45) is 11.5 Å². The number of nitrogens with one attached hydrogen (secondary N) is 1. The Morgan fingerprint density at radius 2 is 2.00 bits per heavy atom. The molecule has 0 fully saturated rings. The molecule has 1 unspecified atom stereocenters. The summed E-state index contributed by atoms with van der Waals surface area (Å²) < 4.78 is 0. The molecule has 0 aromatic heterocycles. The van der Waals surface area contributed by atoms with Gasteiger partial charge in [-0.1, -0.05) is 0 Å². The first-order valence-electron chi connectivity index (χ1n) is 5.14. The zero-order valence-electron chi connectivity index (χ0n) is 9.57. The smallest absolute Gasteiger partial charge is 0.248 e. The minimum Gasteiger partial charge on any atom is -0.397 e. The van der Waals surface area contributed by atoms with Crippen molar-refractivity contribution in [2.75, 3.05) is 11.1 Å². The maximum atomic E-state index is 10.9. The fraction of sp³-hybridized carbons (Fsp3) is 0.273. The Hall–Kier alpha value is -2.24. The normalized spacial score (nSPS) is 11.8. The summed E-state index contributed by atoms with van der Waals surface area (Å²) in [7, 11) is 0. The van der Waals surface area contributed by atoms with E-state index in [-0.39, 0.29) is 12.5 Å². The Kier molecular flexibility index (Phi) is 3.92. The summed E-state index contributed by atoms with van der Waals surface area (Å²) in [6, 6.07) is 4.57. The number of primary amides is 2. The van der Waals surface area contributed by atoms with Crippen LogP contribution in [0.3, 0.4) is 0 Å². The molecule has 6 heteroatoms. The van der Waals surface area contributed by atoms with Gasteiger partial charge in [0.15, 0.2) is 0 Å². The van der Waals surface area contributed by atoms with Gasteiger partial charge in [0.2, 0.25) is 11.8 Å². The summed E-state index contributed by atoms with van der Waals surface area (Å²) in [5.74, 6) is -0.925. The Morgan fingerprint density at radius 1 is 1.35 bits per heavy atom. The van der Waals surface area contributed by atoms with E-state index in [9.17, 15) is 9.59 Å². The van der Waals surface area contributed by atoms with E-state index in [0.29, 0.717) is 16.9 Å². The predicted molar refractivity (Wildman–Crippen MR) is 66.3 cm³/mol. The first-order chi connectivity index (χ1) is 7.90. The van der Waals surface area contributed by atoms with Gasteiger partial charge in [-0.05, 0) is 25.1 Å². The van der Waals surface area contributed by atoms with Gasteiger partial charge in [0.25, 0.3) is 0 Å². The molecule has 1 aromatic rings. The van der Waals surface area contributed by atoms with Gasteiger partial charge in [-0.3, -0.25) is 9.59 Å². The highest BCUT2D eigenvalue weighted by Crippen LogP contribution is 2.20. The lowest BCUT2D eigenvalue weighted by molar-refractivity contribution is -0.118. The molecule has 0 aliphatic rings.